The Morgan fingerprint density at radius 2 is 2.10 bits per heavy atom. The first-order chi connectivity index (χ1) is 10.1. The molecule has 2 N–H and O–H groups in total. The highest BCUT2D eigenvalue weighted by Gasteiger charge is 2.11. The van der Waals surface area contributed by atoms with Gasteiger partial charge in [0.2, 0.25) is 0 Å². The van der Waals surface area contributed by atoms with E-state index in [9.17, 15) is 4.79 Å². The van der Waals surface area contributed by atoms with E-state index in [0.717, 1.165) is 15.3 Å². The number of aromatic nitrogens is 2. The van der Waals surface area contributed by atoms with Gasteiger partial charge in [0.05, 0.1) is 31.8 Å². The molecule has 0 aliphatic carbocycles. The molecule has 0 aliphatic rings. The van der Waals surface area contributed by atoms with Gasteiger partial charge in [0.1, 0.15) is 10.7 Å². The maximum absolute atomic E-state index is 12.1. The van der Waals surface area contributed by atoms with Gasteiger partial charge in [-0.1, -0.05) is 0 Å². The first-order valence-corrected chi connectivity index (χ1v) is 7.71. The number of aromatic amines is 1. The summed E-state index contributed by atoms with van der Waals surface area (Å²) in [7, 11) is 1.65. The molecule has 0 amide bonds. The van der Waals surface area contributed by atoms with Crippen molar-refractivity contribution >= 4 is 21.6 Å². The number of hydrogen-bond acceptors (Lipinski definition) is 6. The number of hydrogen-bond donors (Lipinski definition) is 2. The molecule has 0 aliphatic heterocycles. The van der Waals surface area contributed by atoms with E-state index in [-0.39, 0.29) is 5.56 Å². The summed E-state index contributed by atoms with van der Waals surface area (Å²) < 4.78 is 10.2. The van der Waals surface area contributed by atoms with Crippen LogP contribution in [0.3, 0.4) is 0 Å². The molecule has 0 atom stereocenters. The van der Waals surface area contributed by atoms with E-state index in [2.05, 4.69) is 15.3 Å². The van der Waals surface area contributed by atoms with Crippen molar-refractivity contribution in [3.63, 3.8) is 0 Å². The van der Waals surface area contributed by atoms with Crippen LogP contribution < -0.4 is 10.9 Å². The molecule has 2 heterocycles. The highest BCUT2D eigenvalue weighted by molar-refractivity contribution is 7.18. The first kappa shape index (κ1) is 16.1. The molecule has 0 bridgehead atoms. The van der Waals surface area contributed by atoms with E-state index in [0.29, 0.717) is 44.1 Å². The lowest BCUT2D eigenvalue weighted by atomic mass is 10.2. The number of nitrogens with zero attached hydrogens (tertiary/aromatic N) is 1. The minimum Gasteiger partial charge on any atom is -0.382 e. The third-order valence-corrected chi connectivity index (χ3v) is 4.34. The molecular weight excluding hydrogens is 290 g/mol. The second kappa shape index (κ2) is 7.65. The summed E-state index contributed by atoms with van der Waals surface area (Å²) in [5, 5.41) is 3.91. The molecule has 0 aromatic carbocycles. The number of thiophene rings is 1. The van der Waals surface area contributed by atoms with Crippen LogP contribution in [-0.4, -0.2) is 43.4 Å². The Kier molecular flexibility index (Phi) is 5.86. The molecule has 0 fully saturated rings. The normalized spacial score (nSPS) is 11.4. The van der Waals surface area contributed by atoms with E-state index < -0.39 is 0 Å². The van der Waals surface area contributed by atoms with Gasteiger partial charge in [-0.25, -0.2) is 4.98 Å². The number of H-pyrrole nitrogens is 1. The largest absolute Gasteiger partial charge is 0.382 e. The first-order valence-electron chi connectivity index (χ1n) is 6.89. The molecule has 7 heteroatoms. The predicted octanol–water partition coefficient (Wildman–Crippen LogP) is 1.35. The number of nitrogens with one attached hydrogen (secondary N) is 2. The lowest BCUT2D eigenvalue weighted by Gasteiger charge is -2.05. The van der Waals surface area contributed by atoms with E-state index in [1.165, 1.54) is 0 Å². The van der Waals surface area contributed by atoms with Gasteiger partial charge in [0, 0.05) is 18.5 Å². The Morgan fingerprint density at radius 1 is 1.29 bits per heavy atom. The van der Waals surface area contributed by atoms with Crippen LogP contribution in [0.25, 0.3) is 10.2 Å². The van der Waals surface area contributed by atoms with Crippen molar-refractivity contribution in [2.45, 2.75) is 20.4 Å². The lowest BCUT2D eigenvalue weighted by molar-refractivity contribution is 0.0718. The topological polar surface area (TPSA) is 76.2 Å². The van der Waals surface area contributed by atoms with Gasteiger partial charge >= 0.3 is 0 Å². The maximum atomic E-state index is 12.1. The summed E-state index contributed by atoms with van der Waals surface area (Å²) in [6, 6.07) is 0. The molecule has 0 spiro atoms. The fourth-order valence-corrected chi connectivity index (χ4v) is 3.03. The van der Waals surface area contributed by atoms with Crippen molar-refractivity contribution in [1.82, 2.24) is 15.3 Å². The smallest absolute Gasteiger partial charge is 0.259 e. The van der Waals surface area contributed by atoms with Crippen LogP contribution in [0.2, 0.25) is 0 Å². The van der Waals surface area contributed by atoms with Crippen molar-refractivity contribution in [2.75, 3.05) is 33.5 Å². The zero-order valence-electron chi connectivity index (χ0n) is 12.6. The quantitative estimate of drug-likeness (QED) is 0.720. The molecule has 116 valence electrons. The van der Waals surface area contributed by atoms with E-state index in [1.807, 2.05) is 13.8 Å². The molecule has 2 aromatic rings. The van der Waals surface area contributed by atoms with Gasteiger partial charge < -0.3 is 19.8 Å². The number of methoxy groups -OCH3 is 1. The van der Waals surface area contributed by atoms with E-state index in [1.54, 1.807) is 18.4 Å². The van der Waals surface area contributed by atoms with Gasteiger partial charge in [0.15, 0.2) is 0 Å². The molecule has 2 rings (SSSR count). The highest BCUT2D eigenvalue weighted by atomic mass is 32.1. The van der Waals surface area contributed by atoms with E-state index >= 15 is 0 Å². The molecule has 0 radical (unpaired) electrons. The Morgan fingerprint density at radius 3 is 2.86 bits per heavy atom. The molecule has 0 saturated heterocycles. The van der Waals surface area contributed by atoms with Crippen LogP contribution >= 0.6 is 11.3 Å². The summed E-state index contributed by atoms with van der Waals surface area (Å²) in [5.74, 6) is 0.658. The summed E-state index contributed by atoms with van der Waals surface area (Å²) in [6.07, 6.45) is 0. The Bertz CT molecular complexity index is 651. The predicted molar refractivity (Wildman–Crippen MR) is 84.1 cm³/mol. The number of rotatable bonds is 8. The summed E-state index contributed by atoms with van der Waals surface area (Å²) in [5.41, 5.74) is 0.963. The Labute approximate surface area is 127 Å². The SMILES string of the molecule is COCCOCCNCc1nc2sc(C)c(C)c2c(=O)[nH]1. The van der Waals surface area contributed by atoms with Crippen molar-refractivity contribution in [2.24, 2.45) is 0 Å². The molecule has 21 heavy (non-hydrogen) atoms. The van der Waals surface area contributed by atoms with Gasteiger partial charge in [-0.3, -0.25) is 4.79 Å². The van der Waals surface area contributed by atoms with Crippen LogP contribution in [0, 0.1) is 13.8 Å². The van der Waals surface area contributed by atoms with Gasteiger partial charge in [-0.2, -0.15) is 0 Å². The third-order valence-electron chi connectivity index (χ3n) is 3.24. The molecule has 2 aromatic heterocycles. The number of ether oxygens (including phenoxy) is 2. The zero-order valence-corrected chi connectivity index (χ0v) is 13.4. The van der Waals surface area contributed by atoms with Crippen LogP contribution in [-0.2, 0) is 16.0 Å². The highest BCUT2D eigenvalue weighted by Crippen LogP contribution is 2.25. The van der Waals surface area contributed by atoms with Gasteiger partial charge in [-0.15, -0.1) is 11.3 Å². The van der Waals surface area contributed by atoms with Crippen molar-refractivity contribution in [3.05, 3.63) is 26.6 Å². The van der Waals surface area contributed by atoms with Crippen molar-refractivity contribution < 1.29 is 9.47 Å². The number of aryl methyl sites for hydroxylation is 2. The lowest BCUT2D eigenvalue weighted by Crippen LogP contribution is -2.23. The van der Waals surface area contributed by atoms with Crippen LogP contribution in [0.4, 0.5) is 0 Å². The average Bonchev–Trinajstić information content (AvgIpc) is 2.73. The van der Waals surface area contributed by atoms with Gasteiger partial charge in [0.25, 0.3) is 5.56 Å². The third kappa shape index (κ3) is 4.10. The fraction of sp³-hybridized carbons (Fsp3) is 0.571. The summed E-state index contributed by atoms with van der Waals surface area (Å²) in [4.78, 5) is 21.4. The fourth-order valence-electron chi connectivity index (χ4n) is 1.98. The Hall–Kier alpha value is -1.28. The van der Waals surface area contributed by atoms with Crippen LogP contribution in [0.5, 0.6) is 0 Å². The molecule has 6 nitrogen and oxygen atoms in total. The second-order valence-electron chi connectivity index (χ2n) is 4.76. The van der Waals surface area contributed by atoms with Crippen LogP contribution in [0.1, 0.15) is 16.3 Å². The second-order valence-corrected chi connectivity index (χ2v) is 5.96. The summed E-state index contributed by atoms with van der Waals surface area (Å²) in [6.45, 7) is 6.99. The minimum absolute atomic E-state index is 0.0602. The average molecular weight is 311 g/mol. The monoisotopic (exact) mass is 311 g/mol. The maximum Gasteiger partial charge on any atom is 0.259 e. The van der Waals surface area contributed by atoms with Crippen molar-refractivity contribution in [3.8, 4) is 0 Å². The van der Waals surface area contributed by atoms with Crippen molar-refractivity contribution in [1.29, 1.82) is 0 Å². The molecule has 0 unspecified atom stereocenters. The zero-order chi connectivity index (χ0) is 15.2. The summed E-state index contributed by atoms with van der Waals surface area (Å²) >= 11 is 1.56. The van der Waals surface area contributed by atoms with E-state index in [4.69, 9.17) is 9.47 Å². The minimum atomic E-state index is -0.0602. The molecular formula is C14H21N3O3S. The van der Waals surface area contributed by atoms with Crippen LogP contribution in [0.15, 0.2) is 4.79 Å². The number of fused-ring (bicyclic) bond motifs is 1. The Balaban J connectivity index is 1.90. The van der Waals surface area contributed by atoms with Gasteiger partial charge in [-0.05, 0) is 19.4 Å². The standard InChI is InChI=1S/C14H21N3O3S/c1-9-10(2)21-14-12(9)13(18)16-11(17-14)8-15-4-5-20-7-6-19-3/h15H,4-8H2,1-3H3,(H,16,17,18). The molecule has 0 saturated carbocycles.